The van der Waals surface area contributed by atoms with Crippen molar-refractivity contribution in [3.63, 3.8) is 0 Å². The largest absolute Gasteiger partial charge is 0.478 e. The summed E-state index contributed by atoms with van der Waals surface area (Å²) in [6.45, 7) is 0. The van der Waals surface area contributed by atoms with E-state index in [1.807, 2.05) is 0 Å². The fraction of sp³-hybridized carbons (Fsp3) is 0.200. The first kappa shape index (κ1) is 13.3. The molecule has 1 rings (SSSR count). The predicted molar refractivity (Wildman–Crippen MR) is 58.7 cm³/mol. The molecule has 0 heterocycles. The van der Waals surface area contributed by atoms with Crippen molar-refractivity contribution in [3.8, 4) is 0 Å². The summed E-state index contributed by atoms with van der Waals surface area (Å²) in [5.41, 5.74) is -0.174. The SMILES string of the molecule is CNC(=O)CS(=O)c1cc(C(=O)O)ccc1F. The van der Waals surface area contributed by atoms with Gasteiger partial charge in [-0.25, -0.2) is 9.18 Å². The number of rotatable bonds is 4. The molecule has 92 valence electrons. The molecule has 5 nitrogen and oxygen atoms in total. The van der Waals surface area contributed by atoms with E-state index in [1.165, 1.54) is 7.05 Å². The van der Waals surface area contributed by atoms with Crippen LogP contribution in [0.15, 0.2) is 23.1 Å². The van der Waals surface area contributed by atoms with E-state index >= 15 is 0 Å². The van der Waals surface area contributed by atoms with Crippen molar-refractivity contribution in [2.45, 2.75) is 4.90 Å². The number of carbonyl (C=O) groups excluding carboxylic acids is 1. The van der Waals surface area contributed by atoms with Gasteiger partial charge in [-0.1, -0.05) is 0 Å². The maximum absolute atomic E-state index is 13.3. The molecule has 0 saturated heterocycles. The molecule has 0 aliphatic heterocycles. The van der Waals surface area contributed by atoms with E-state index in [1.54, 1.807) is 0 Å². The van der Waals surface area contributed by atoms with Crippen molar-refractivity contribution in [1.29, 1.82) is 0 Å². The second kappa shape index (κ2) is 5.53. The summed E-state index contributed by atoms with van der Waals surface area (Å²) in [4.78, 5) is 21.4. The Kier molecular flexibility index (Phi) is 4.33. The van der Waals surface area contributed by atoms with Crippen molar-refractivity contribution < 1.29 is 23.3 Å². The molecule has 1 aromatic rings. The highest BCUT2D eigenvalue weighted by Gasteiger charge is 2.16. The highest BCUT2D eigenvalue weighted by Crippen LogP contribution is 2.15. The molecule has 0 fully saturated rings. The molecule has 1 aromatic carbocycles. The number of carbonyl (C=O) groups is 2. The molecule has 7 heteroatoms. The predicted octanol–water partition coefficient (Wildman–Crippen LogP) is 0.377. The van der Waals surface area contributed by atoms with Gasteiger partial charge in [-0.3, -0.25) is 9.00 Å². The number of aromatic carboxylic acids is 1. The van der Waals surface area contributed by atoms with Crippen LogP contribution in [0.5, 0.6) is 0 Å². The highest BCUT2D eigenvalue weighted by molar-refractivity contribution is 7.85. The standard InChI is InChI=1S/C10H10FNO4S/c1-12-9(13)5-17(16)8-4-6(10(14)15)2-3-7(8)11/h2-4H,5H2,1H3,(H,12,13)(H,14,15). The molecule has 2 N–H and O–H groups in total. The topological polar surface area (TPSA) is 83.5 Å². The lowest BCUT2D eigenvalue weighted by Crippen LogP contribution is -2.24. The van der Waals surface area contributed by atoms with Crippen molar-refractivity contribution in [2.75, 3.05) is 12.8 Å². The van der Waals surface area contributed by atoms with E-state index in [0.717, 1.165) is 18.2 Å². The Morgan fingerprint density at radius 2 is 2.12 bits per heavy atom. The lowest BCUT2D eigenvalue weighted by atomic mass is 10.2. The van der Waals surface area contributed by atoms with E-state index in [2.05, 4.69) is 5.32 Å². The van der Waals surface area contributed by atoms with Gasteiger partial charge in [-0.15, -0.1) is 0 Å². The number of halogens is 1. The Labute approximate surface area is 99.1 Å². The Hall–Kier alpha value is -1.76. The van der Waals surface area contributed by atoms with Crippen LogP contribution in [0.25, 0.3) is 0 Å². The lowest BCUT2D eigenvalue weighted by molar-refractivity contribution is -0.118. The maximum atomic E-state index is 13.3. The van der Waals surface area contributed by atoms with Gasteiger partial charge in [0.15, 0.2) is 0 Å². The third-order valence-corrected chi connectivity index (χ3v) is 3.29. The molecule has 0 bridgehead atoms. The summed E-state index contributed by atoms with van der Waals surface area (Å²) in [6, 6.07) is 2.95. The number of nitrogens with one attached hydrogen (secondary N) is 1. The van der Waals surface area contributed by atoms with Crippen LogP contribution in [0.1, 0.15) is 10.4 Å². The second-order valence-corrected chi connectivity index (χ2v) is 4.53. The third-order valence-electron chi connectivity index (χ3n) is 1.96. The lowest BCUT2D eigenvalue weighted by Gasteiger charge is -2.04. The zero-order valence-electron chi connectivity index (χ0n) is 8.90. The van der Waals surface area contributed by atoms with Gasteiger partial charge < -0.3 is 10.4 Å². The average molecular weight is 259 g/mol. The minimum atomic E-state index is -1.90. The van der Waals surface area contributed by atoms with E-state index in [-0.39, 0.29) is 10.5 Å². The summed E-state index contributed by atoms with van der Waals surface area (Å²) < 4.78 is 24.9. The van der Waals surface area contributed by atoms with Crippen LogP contribution in [0.4, 0.5) is 4.39 Å². The van der Waals surface area contributed by atoms with Crippen molar-refractivity contribution in [3.05, 3.63) is 29.6 Å². The molecule has 0 radical (unpaired) electrons. The van der Waals surface area contributed by atoms with E-state index < -0.39 is 34.2 Å². The molecule has 0 aliphatic carbocycles. The summed E-state index contributed by atoms with van der Waals surface area (Å²) in [5.74, 6) is -2.96. The van der Waals surface area contributed by atoms with E-state index in [0.29, 0.717) is 0 Å². The quantitative estimate of drug-likeness (QED) is 0.818. The minimum Gasteiger partial charge on any atom is -0.478 e. The summed E-state index contributed by atoms with van der Waals surface area (Å²) in [7, 11) is -0.538. The van der Waals surface area contributed by atoms with Crippen molar-refractivity contribution in [2.24, 2.45) is 0 Å². The van der Waals surface area contributed by atoms with E-state index in [4.69, 9.17) is 5.11 Å². The number of hydrogen-bond donors (Lipinski definition) is 2. The smallest absolute Gasteiger partial charge is 0.335 e. The Morgan fingerprint density at radius 3 is 2.65 bits per heavy atom. The zero-order valence-corrected chi connectivity index (χ0v) is 9.71. The molecule has 0 saturated carbocycles. The average Bonchev–Trinajstić information content (AvgIpc) is 2.28. The van der Waals surface area contributed by atoms with Crippen LogP contribution in [-0.2, 0) is 15.6 Å². The fourth-order valence-corrected chi connectivity index (χ4v) is 2.16. The van der Waals surface area contributed by atoms with Crippen LogP contribution < -0.4 is 5.32 Å². The number of hydrogen-bond acceptors (Lipinski definition) is 3. The molecule has 0 aliphatic rings. The van der Waals surface area contributed by atoms with Crippen molar-refractivity contribution >= 4 is 22.7 Å². The van der Waals surface area contributed by atoms with Gasteiger partial charge in [0.1, 0.15) is 11.6 Å². The summed E-state index contributed by atoms with van der Waals surface area (Å²) in [6.07, 6.45) is 0. The third kappa shape index (κ3) is 3.35. The van der Waals surface area contributed by atoms with Gasteiger partial charge in [0, 0.05) is 7.05 Å². The minimum absolute atomic E-state index is 0.174. The normalized spacial score (nSPS) is 11.9. The first-order chi connectivity index (χ1) is 7.95. The molecule has 1 atom stereocenters. The first-order valence-corrected chi connectivity index (χ1v) is 5.89. The summed E-state index contributed by atoms with van der Waals surface area (Å²) in [5, 5.41) is 11.0. The fourth-order valence-electron chi connectivity index (χ4n) is 1.08. The molecule has 0 aromatic heterocycles. The Morgan fingerprint density at radius 1 is 1.47 bits per heavy atom. The number of carboxylic acid groups (broad SMARTS) is 1. The first-order valence-electron chi connectivity index (χ1n) is 4.57. The monoisotopic (exact) mass is 259 g/mol. The van der Waals surface area contributed by atoms with Crippen LogP contribution in [0.3, 0.4) is 0 Å². The summed E-state index contributed by atoms with van der Waals surface area (Å²) >= 11 is 0. The molecule has 1 unspecified atom stereocenters. The molecule has 1 amide bonds. The van der Waals surface area contributed by atoms with Crippen LogP contribution in [0.2, 0.25) is 0 Å². The van der Waals surface area contributed by atoms with Gasteiger partial charge in [0.05, 0.1) is 21.3 Å². The number of benzene rings is 1. The highest BCUT2D eigenvalue weighted by atomic mass is 32.2. The van der Waals surface area contributed by atoms with Gasteiger partial charge in [0.25, 0.3) is 0 Å². The van der Waals surface area contributed by atoms with Crippen LogP contribution >= 0.6 is 0 Å². The molecular formula is C10H10FNO4S. The van der Waals surface area contributed by atoms with Gasteiger partial charge >= 0.3 is 5.97 Å². The Balaban J connectivity index is 3.04. The van der Waals surface area contributed by atoms with Gasteiger partial charge in [-0.2, -0.15) is 0 Å². The zero-order chi connectivity index (χ0) is 13.0. The van der Waals surface area contributed by atoms with Crippen molar-refractivity contribution in [1.82, 2.24) is 5.32 Å². The number of amides is 1. The Bertz CT molecular complexity index is 489. The maximum Gasteiger partial charge on any atom is 0.335 e. The van der Waals surface area contributed by atoms with Crippen LogP contribution in [-0.4, -0.2) is 34.0 Å². The molecular weight excluding hydrogens is 249 g/mol. The van der Waals surface area contributed by atoms with Crippen LogP contribution in [0, 0.1) is 5.82 Å². The van der Waals surface area contributed by atoms with E-state index in [9.17, 15) is 18.2 Å². The number of carboxylic acids is 1. The van der Waals surface area contributed by atoms with Gasteiger partial charge in [-0.05, 0) is 18.2 Å². The molecule has 17 heavy (non-hydrogen) atoms. The molecule has 0 spiro atoms. The second-order valence-electron chi connectivity index (χ2n) is 3.11. The van der Waals surface area contributed by atoms with Gasteiger partial charge in [0.2, 0.25) is 5.91 Å².